The van der Waals surface area contributed by atoms with Gasteiger partial charge in [-0.2, -0.15) is 0 Å². The standard InChI is InChI=1S/C22H25N3O2S/c1-4-27-18-6-5-7-19-20(18)23-22(28-19)25-12-10-24(11-13-25)21(26)17-14-15(2)8-9-16(17)3/h5-9,14H,4,10-13H2,1-3H3. The highest BCUT2D eigenvalue weighted by Crippen LogP contribution is 2.34. The largest absolute Gasteiger partial charge is 0.492 e. The number of hydrogen-bond acceptors (Lipinski definition) is 5. The molecule has 0 spiro atoms. The van der Waals surface area contributed by atoms with Crippen molar-refractivity contribution in [3.05, 3.63) is 53.1 Å². The first-order chi connectivity index (χ1) is 13.6. The van der Waals surface area contributed by atoms with Gasteiger partial charge in [-0.25, -0.2) is 4.98 Å². The molecule has 1 saturated heterocycles. The number of aromatic nitrogens is 1. The number of para-hydroxylation sites is 1. The van der Waals surface area contributed by atoms with Crippen molar-refractivity contribution in [2.75, 3.05) is 37.7 Å². The molecule has 1 fully saturated rings. The van der Waals surface area contributed by atoms with Crippen LogP contribution in [-0.2, 0) is 0 Å². The lowest BCUT2D eigenvalue weighted by Gasteiger charge is -2.34. The molecule has 4 rings (SSSR count). The highest BCUT2D eigenvalue weighted by atomic mass is 32.1. The second-order valence-electron chi connectivity index (χ2n) is 7.13. The zero-order valence-electron chi connectivity index (χ0n) is 16.6. The minimum atomic E-state index is 0.129. The summed E-state index contributed by atoms with van der Waals surface area (Å²) in [5.41, 5.74) is 3.90. The molecule has 1 aliphatic rings. The number of amides is 1. The van der Waals surface area contributed by atoms with Crippen LogP contribution in [0.1, 0.15) is 28.4 Å². The Labute approximate surface area is 169 Å². The lowest BCUT2D eigenvalue weighted by molar-refractivity contribution is 0.0746. The number of piperazine rings is 1. The number of hydrogen-bond donors (Lipinski definition) is 0. The SMILES string of the molecule is CCOc1cccc2sc(N3CCN(C(=O)c4cc(C)ccc4C)CC3)nc12. The van der Waals surface area contributed by atoms with Crippen molar-refractivity contribution in [2.45, 2.75) is 20.8 Å². The summed E-state index contributed by atoms with van der Waals surface area (Å²) in [6, 6.07) is 12.1. The Morgan fingerprint density at radius 2 is 1.93 bits per heavy atom. The van der Waals surface area contributed by atoms with Crippen LogP contribution in [0, 0.1) is 13.8 Å². The Balaban J connectivity index is 1.48. The molecule has 28 heavy (non-hydrogen) atoms. The normalized spacial score (nSPS) is 14.5. The van der Waals surface area contributed by atoms with E-state index in [0.29, 0.717) is 19.7 Å². The van der Waals surface area contributed by atoms with E-state index in [9.17, 15) is 4.79 Å². The van der Waals surface area contributed by atoms with Gasteiger partial charge < -0.3 is 14.5 Å². The summed E-state index contributed by atoms with van der Waals surface area (Å²) in [5, 5.41) is 1.00. The van der Waals surface area contributed by atoms with Crippen LogP contribution in [0.15, 0.2) is 36.4 Å². The van der Waals surface area contributed by atoms with E-state index in [1.807, 2.05) is 56.0 Å². The fourth-order valence-electron chi connectivity index (χ4n) is 3.56. The second-order valence-corrected chi connectivity index (χ2v) is 8.14. The van der Waals surface area contributed by atoms with E-state index in [4.69, 9.17) is 9.72 Å². The second kappa shape index (κ2) is 7.80. The molecular formula is C22H25N3O2S. The number of fused-ring (bicyclic) bond motifs is 1. The minimum absolute atomic E-state index is 0.129. The smallest absolute Gasteiger partial charge is 0.254 e. The summed E-state index contributed by atoms with van der Waals surface area (Å²) in [7, 11) is 0. The molecule has 146 valence electrons. The zero-order chi connectivity index (χ0) is 19.7. The van der Waals surface area contributed by atoms with Crippen molar-refractivity contribution in [1.29, 1.82) is 0 Å². The van der Waals surface area contributed by atoms with E-state index in [2.05, 4.69) is 11.0 Å². The minimum Gasteiger partial charge on any atom is -0.492 e. The maximum absolute atomic E-state index is 13.0. The quantitative estimate of drug-likeness (QED) is 0.662. The van der Waals surface area contributed by atoms with Gasteiger partial charge in [-0.05, 0) is 44.5 Å². The third-order valence-corrected chi connectivity index (χ3v) is 6.21. The van der Waals surface area contributed by atoms with Crippen LogP contribution in [0.2, 0.25) is 0 Å². The average Bonchev–Trinajstić information content (AvgIpc) is 3.15. The van der Waals surface area contributed by atoms with E-state index in [0.717, 1.165) is 50.9 Å². The van der Waals surface area contributed by atoms with E-state index in [-0.39, 0.29) is 5.91 Å². The number of aryl methyl sites for hydroxylation is 2. The van der Waals surface area contributed by atoms with Crippen LogP contribution >= 0.6 is 11.3 Å². The number of ether oxygens (including phenoxy) is 1. The molecule has 0 N–H and O–H groups in total. The Kier molecular flexibility index (Phi) is 5.22. The molecule has 2 aromatic carbocycles. The van der Waals surface area contributed by atoms with Crippen molar-refractivity contribution in [1.82, 2.24) is 9.88 Å². The molecule has 3 aromatic rings. The van der Waals surface area contributed by atoms with E-state index < -0.39 is 0 Å². The van der Waals surface area contributed by atoms with Crippen LogP contribution in [0.25, 0.3) is 10.2 Å². The molecular weight excluding hydrogens is 370 g/mol. The molecule has 1 amide bonds. The Morgan fingerprint density at radius 1 is 1.14 bits per heavy atom. The number of carbonyl (C=O) groups is 1. The zero-order valence-corrected chi connectivity index (χ0v) is 17.4. The highest BCUT2D eigenvalue weighted by Gasteiger charge is 2.25. The summed E-state index contributed by atoms with van der Waals surface area (Å²) in [6.45, 7) is 9.64. The van der Waals surface area contributed by atoms with Crippen molar-refractivity contribution in [3.63, 3.8) is 0 Å². The van der Waals surface area contributed by atoms with Crippen molar-refractivity contribution < 1.29 is 9.53 Å². The van der Waals surface area contributed by atoms with Gasteiger partial charge in [0, 0.05) is 31.7 Å². The predicted molar refractivity (Wildman–Crippen MR) is 115 cm³/mol. The molecule has 0 unspecified atom stereocenters. The first kappa shape index (κ1) is 18.7. The van der Waals surface area contributed by atoms with E-state index in [1.54, 1.807) is 11.3 Å². The predicted octanol–water partition coefficient (Wildman–Crippen LogP) is 4.27. The number of anilines is 1. The number of thiazole rings is 1. The number of nitrogens with zero attached hydrogens (tertiary/aromatic N) is 3. The summed E-state index contributed by atoms with van der Waals surface area (Å²) in [6.07, 6.45) is 0. The maximum atomic E-state index is 13.0. The molecule has 0 radical (unpaired) electrons. The molecule has 0 saturated carbocycles. The molecule has 2 heterocycles. The van der Waals surface area contributed by atoms with Gasteiger partial charge in [-0.1, -0.05) is 35.1 Å². The molecule has 1 aromatic heterocycles. The van der Waals surface area contributed by atoms with Crippen molar-refractivity contribution in [3.8, 4) is 5.75 Å². The lowest BCUT2D eigenvalue weighted by Crippen LogP contribution is -2.48. The van der Waals surface area contributed by atoms with Crippen LogP contribution in [0.3, 0.4) is 0 Å². The third kappa shape index (κ3) is 3.56. The Morgan fingerprint density at radius 3 is 2.68 bits per heavy atom. The van der Waals surface area contributed by atoms with Gasteiger partial charge in [-0.15, -0.1) is 0 Å². The third-order valence-electron chi connectivity index (χ3n) is 5.13. The molecule has 1 aliphatic heterocycles. The van der Waals surface area contributed by atoms with E-state index >= 15 is 0 Å². The van der Waals surface area contributed by atoms with Crippen LogP contribution in [0.5, 0.6) is 5.75 Å². The molecule has 5 nitrogen and oxygen atoms in total. The van der Waals surface area contributed by atoms with Gasteiger partial charge in [0.25, 0.3) is 5.91 Å². The topological polar surface area (TPSA) is 45.7 Å². The van der Waals surface area contributed by atoms with Gasteiger partial charge in [-0.3, -0.25) is 4.79 Å². The number of benzene rings is 2. The fraction of sp³-hybridized carbons (Fsp3) is 0.364. The summed E-state index contributed by atoms with van der Waals surface area (Å²) < 4.78 is 6.84. The molecule has 0 bridgehead atoms. The van der Waals surface area contributed by atoms with Crippen LogP contribution < -0.4 is 9.64 Å². The van der Waals surface area contributed by atoms with Gasteiger partial charge in [0.1, 0.15) is 11.3 Å². The van der Waals surface area contributed by atoms with Crippen LogP contribution in [-0.4, -0.2) is 48.6 Å². The van der Waals surface area contributed by atoms with Crippen molar-refractivity contribution >= 4 is 32.6 Å². The number of carbonyl (C=O) groups excluding carboxylic acids is 1. The maximum Gasteiger partial charge on any atom is 0.254 e. The fourth-order valence-corrected chi connectivity index (χ4v) is 4.59. The molecule has 6 heteroatoms. The summed E-state index contributed by atoms with van der Waals surface area (Å²) in [5.74, 6) is 0.968. The summed E-state index contributed by atoms with van der Waals surface area (Å²) >= 11 is 1.69. The monoisotopic (exact) mass is 395 g/mol. The van der Waals surface area contributed by atoms with Gasteiger partial charge in [0.15, 0.2) is 5.13 Å². The van der Waals surface area contributed by atoms with Crippen LogP contribution in [0.4, 0.5) is 5.13 Å². The van der Waals surface area contributed by atoms with Gasteiger partial charge in [0.2, 0.25) is 0 Å². The van der Waals surface area contributed by atoms with E-state index in [1.165, 1.54) is 0 Å². The van der Waals surface area contributed by atoms with Crippen molar-refractivity contribution in [2.24, 2.45) is 0 Å². The molecule has 0 atom stereocenters. The highest BCUT2D eigenvalue weighted by molar-refractivity contribution is 7.22. The Bertz CT molecular complexity index is 1010. The molecule has 0 aliphatic carbocycles. The Hall–Kier alpha value is -2.60. The first-order valence-corrected chi connectivity index (χ1v) is 10.5. The number of rotatable bonds is 4. The van der Waals surface area contributed by atoms with Gasteiger partial charge >= 0.3 is 0 Å². The van der Waals surface area contributed by atoms with Gasteiger partial charge in [0.05, 0.1) is 11.3 Å². The first-order valence-electron chi connectivity index (χ1n) is 9.70. The lowest BCUT2D eigenvalue weighted by atomic mass is 10.0. The average molecular weight is 396 g/mol. The summed E-state index contributed by atoms with van der Waals surface area (Å²) in [4.78, 5) is 22.0.